The Balaban J connectivity index is 1.59. The van der Waals surface area contributed by atoms with Gasteiger partial charge in [-0.25, -0.2) is 0 Å². The largest absolute Gasteiger partial charge is 0.469 e. The Bertz CT molecular complexity index is 907. The van der Waals surface area contributed by atoms with E-state index in [1.807, 2.05) is 30.3 Å². The van der Waals surface area contributed by atoms with Crippen LogP contribution in [0.3, 0.4) is 0 Å². The van der Waals surface area contributed by atoms with Crippen molar-refractivity contribution in [3.05, 3.63) is 35.9 Å². The lowest BCUT2D eigenvalue weighted by molar-refractivity contribution is -0.190. The molecule has 6 aliphatic carbocycles. The lowest BCUT2D eigenvalue weighted by Crippen LogP contribution is -2.58. The fourth-order valence-electron chi connectivity index (χ4n) is 9.56. The lowest BCUT2D eigenvalue weighted by Gasteiger charge is -2.51. The summed E-state index contributed by atoms with van der Waals surface area (Å²) in [6, 6.07) is 9.98. The molecule has 5 nitrogen and oxygen atoms in total. The average molecular weight is 396 g/mol. The molecule has 1 aromatic carbocycles. The van der Waals surface area contributed by atoms with Crippen LogP contribution in [0.15, 0.2) is 30.3 Å². The van der Waals surface area contributed by atoms with Crippen LogP contribution in [0.25, 0.3) is 0 Å². The van der Waals surface area contributed by atoms with E-state index in [4.69, 9.17) is 9.47 Å². The number of aliphatic hydroxyl groups is 1. The third kappa shape index (κ3) is 1.55. The van der Waals surface area contributed by atoms with E-state index >= 15 is 0 Å². The van der Waals surface area contributed by atoms with Crippen LogP contribution < -0.4 is 0 Å². The fourth-order valence-corrected chi connectivity index (χ4v) is 9.56. The quantitative estimate of drug-likeness (QED) is 0.793. The van der Waals surface area contributed by atoms with E-state index in [1.54, 1.807) is 0 Å². The molecule has 0 heterocycles. The molecule has 0 unspecified atom stereocenters. The van der Waals surface area contributed by atoms with Gasteiger partial charge in [-0.2, -0.15) is 0 Å². The molecule has 0 radical (unpaired) electrons. The van der Waals surface area contributed by atoms with Crippen LogP contribution in [0.4, 0.5) is 0 Å². The maximum atomic E-state index is 13.5. The van der Waals surface area contributed by atoms with Crippen LogP contribution in [0, 0.1) is 52.3 Å². The van der Waals surface area contributed by atoms with Crippen molar-refractivity contribution in [3.8, 4) is 0 Å². The number of hydrogen-bond donors (Lipinski definition) is 1. The summed E-state index contributed by atoms with van der Waals surface area (Å²) in [6.45, 7) is 2.09. The SMILES string of the molecule is CC[C@@H]1[C@@H]2[C@H]3[C@H]4[C@@H](C(=O)OC)[C@]2(C(=O)OC)[C@@H]([C@H]3[C@]1(O)c1ccccc1)C41CC1. The highest BCUT2D eigenvalue weighted by Crippen LogP contribution is 2.95. The summed E-state index contributed by atoms with van der Waals surface area (Å²) in [7, 11) is 2.86. The van der Waals surface area contributed by atoms with Gasteiger partial charge in [0.1, 0.15) is 0 Å². The van der Waals surface area contributed by atoms with Crippen LogP contribution in [0.1, 0.15) is 31.7 Å². The Morgan fingerprint density at radius 2 is 1.76 bits per heavy atom. The van der Waals surface area contributed by atoms with Crippen LogP contribution in [0.2, 0.25) is 0 Å². The Morgan fingerprint density at radius 1 is 1.07 bits per heavy atom. The van der Waals surface area contributed by atoms with Gasteiger partial charge in [-0.05, 0) is 59.8 Å². The fraction of sp³-hybridized carbons (Fsp3) is 0.667. The number of esters is 2. The zero-order valence-electron chi connectivity index (χ0n) is 17.1. The van der Waals surface area contributed by atoms with Crippen LogP contribution in [-0.2, 0) is 24.7 Å². The molecule has 7 rings (SSSR count). The summed E-state index contributed by atoms with van der Waals surface area (Å²) >= 11 is 0. The number of rotatable bonds is 4. The molecule has 5 heteroatoms. The van der Waals surface area contributed by atoms with E-state index in [0.717, 1.165) is 24.8 Å². The summed E-state index contributed by atoms with van der Waals surface area (Å²) in [5.41, 5.74) is -0.819. The summed E-state index contributed by atoms with van der Waals surface area (Å²) < 4.78 is 10.6. The van der Waals surface area contributed by atoms with Crippen molar-refractivity contribution >= 4 is 11.9 Å². The summed E-state index contributed by atoms with van der Waals surface area (Å²) in [5.74, 6) is -0.721. The number of carbonyl (C=O) groups excluding carboxylic acids is 2. The van der Waals surface area contributed by atoms with Crippen molar-refractivity contribution in [2.75, 3.05) is 14.2 Å². The van der Waals surface area contributed by atoms with E-state index < -0.39 is 16.9 Å². The first-order valence-corrected chi connectivity index (χ1v) is 10.9. The molecule has 9 atom stereocenters. The maximum Gasteiger partial charge on any atom is 0.313 e. The first kappa shape index (κ1) is 17.9. The Kier molecular flexibility index (Phi) is 3.24. The third-order valence-corrected chi connectivity index (χ3v) is 9.83. The monoisotopic (exact) mass is 396 g/mol. The highest BCUT2D eigenvalue weighted by Gasteiger charge is 2.97. The highest BCUT2D eigenvalue weighted by molar-refractivity contribution is 5.90. The highest BCUT2D eigenvalue weighted by atomic mass is 16.5. The predicted octanol–water partition coefficient (Wildman–Crippen LogP) is 2.76. The van der Waals surface area contributed by atoms with Gasteiger partial charge < -0.3 is 14.6 Å². The zero-order valence-corrected chi connectivity index (χ0v) is 17.1. The molecular weight excluding hydrogens is 368 g/mol. The van der Waals surface area contributed by atoms with E-state index in [0.29, 0.717) is 0 Å². The van der Waals surface area contributed by atoms with E-state index in [-0.39, 0.29) is 52.9 Å². The number of hydrogen-bond acceptors (Lipinski definition) is 5. The van der Waals surface area contributed by atoms with Gasteiger partial charge in [0.05, 0.1) is 31.2 Å². The number of carbonyl (C=O) groups is 2. The molecule has 1 spiro atoms. The minimum Gasteiger partial charge on any atom is -0.469 e. The van der Waals surface area contributed by atoms with Crippen molar-refractivity contribution in [2.45, 2.75) is 31.8 Å². The number of methoxy groups -OCH3 is 2. The predicted molar refractivity (Wildman–Crippen MR) is 103 cm³/mol. The normalized spacial score (nSPS) is 49.0. The van der Waals surface area contributed by atoms with E-state index in [1.165, 1.54) is 14.2 Å². The molecule has 1 aromatic rings. The molecule has 6 bridgehead atoms. The molecule has 0 saturated heterocycles. The Labute approximate surface area is 170 Å². The second-order valence-corrected chi connectivity index (χ2v) is 10.00. The van der Waals surface area contributed by atoms with Crippen LogP contribution >= 0.6 is 0 Å². The number of ether oxygens (including phenoxy) is 2. The molecule has 0 aliphatic heterocycles. The molecule has 0 aromatic heterocycles. The lowest BCUT2D eigenvalue weighted by atomic mass is 9.53. The minimum absolute atomic E-state index is 0.000349. The third-order valence-electron chi connectivity index (χ3n) is 9.83. The van der Waals surface area contributed by atoms with Crippen molar-refractivity contribution in [2.24, 2.45) is 52.3 Å². The summed E-state index contributed by atoms with van der Waals surface area (Å²) in [4.78, 5) is 26.5. The van der Waals surface area contributed by atoms with Crippen LogP contribution in [-0.4, -0.2) is 31.3 Å². The minimum atomic E-state index is -0.945. The van der Waals surface area contributed by atoms with Gasteiger partial charge in [0.25, 0.3) is 0 Å². The van der Waals surface area contributed by atoms with Gasteiger partial charge in [-0.3, -0.25) is 9.59 Å². The molecule has 6 fully saturated rings. The van der Waals surface area contributed by atoms with Gasteiger partial charge in [-0.1, -0.05) is 37.3 Å². The standard InChI is InChI=1S/C24H28O5/c1-4-13-15-14-16-18(20(25)28-2)23(15,21(26)29-3)19(22(16)10-11-22)17(14)24(13,27)12-8-6-5-7-9-12/h5-9,13-19,27H,4,10-11H2,1-3H3/t13-,14+,15-,16+,17+,18+,19+,23+,24+/m1/s1. The van der Waals surface area contributed by atoms with Crippen molar-refractivity contribution in [1.82, 2.24) is 0 Å². The van der Waals surface area contributed by atoms with Gasteiger partial charge in [-0.15, -0.1) is 0 Å². The molecule has 1 N–H and O–H groups in total. The second-order valence-electron chi connectivity index (χ2n) is 10.00. The Morgan fingerprint density at radius 3 is 2.31 bits per heavy atom. The topological polar surface area (TPSA) is 72.8 Å². The first-order valence-electron chi connectivity index (χ1n) is 10.9. The van der Waals surface area contributed by atoms with Gasteiger partial charge in [0.15, 0.2) is 0 Å². The second kappa shape index (κ2) is 5.23. The summed E-state index contributed by atoms with van der Waals surface area (Å²) in [6.07, 6.45) is 2.84. The smallest absolute Gasteiger partial charge is 0.313 e. The first-order chi connectivity index (χ1) is 14.0. The molecular formula is C24H28O5. The van der Waals surface area contributed by atoms with Crippen molar-refractivity contribution in [1.29, 1.82) is 0 Å². The number of benzene rings is 1. The maximum absolute atomic E-state index is 13.5. The molecule has 6 saturated carbocycles. The molecule has 29 heavy (non-hydrogen) atoms. The van der Waals surface area contributed by atoms with Gasteiger partial charge in [0.2, 0.25) is 0 Å². The summed E-state index contributed by atoms with van der Waals surface area (Å²) in [5, 5.41) is 12.3. The van der Waals surface area contributed by atoms with Gasteiger partial charge >= 0.3 is 11.9 Å². The van der Waals surface area contributed by atoms with Gasteiger partial charge in [0, 0.05) is 5.92 Å². The average Bonchev–Trinajstić information content (AvgIpc) is 3.09. The van der Waals surface area contributed by atoms with Crippen LogP contribution in [0.5, 0.6) is 0 Å². The van der Waals surface area contributed by atoms with Crippen molar-refractivity contribution < 1.29 is 24.2 Å². The van der Waals surface area contributed by atoms with Crippen molar-refractivity contribution in [3.63, 3.8) is 0 Å². The van der Waals surface area contributed by atoms with E-state index in [9.17, 15) is 14.7 Å². The Hall–Kier alpha value is -1.88. The molecule has 6 aliphatic rings. The molecule has 154 valence electrons. The molecule has 0 amide bonds. The van der Waals surface area contributed by atoms with E-state index in [2.05, 4.69) is 6.92 Å². The zero-order chi connectivity index (χ0) is 20.3.